The van der Waals surface area contributed by atoms with Crippen LogP contribution in [0.1, 0.15) is 32.3 Å². The minimum Gasteiger partial charge on any atom is -0.497 e. The first-order chi connectivity index (χ1) is 11.9. The van der Waals surface area contributed by atoms with Gasteiger partial charge < -0.3 is 14.4 Å². The summed E-state index contributed by atoms with van der Waals surface area (Å²) in [7, 11) is 3.26. The summed E-state index contributed by atoms with van der Waals surface area (Å²) in [6.07, 6.45) is 1.89. The van der Waals surface area contributed by atoms with E-state index in [-0.39, 0.29) is 5.91 Å². The lowest BCUT2D eigenvalue weighted by Crippen LogP contribution is -2.24. The zero-order chi connectivity index (χ0) is 18.6. The fourth-order valence-electron chi connectivity index (χ4n) is 2.82. The first-order valence-corrected chi connectivity index (χ1v) is 8.43. The third-order valence-electron chi connectivity index (χ3n) is 4.40. The van der Waals surface area contributed by atoms with Crippen molar-refractivity contribution < 1.29 is 14.3 Å². The molecule has 0 N–H and O–H groups in total. The number of ether oxygens (including phenoxy) is 2. The Kier molecular flexibility index (Phi) is 6.21. The minimum absolute atomic E-state index is 0.0663. The molecule has 134 valence electrons. The van der Waals surface area contributed by atoms with Gasteiger partial charge in [0.1, 0.15) is 5.76 Å². The second-order valence-corrected chi connectivity index (χ2v) is 6.57. The zero-order valence-electron chi connectivity index (χ0n) is 15.8. The Morgan fingerprint density at radius 3 is 2.44 bits per heavy atom. The van der Waals surface area contributed by atoms with Crippen LogP contribution in [0.5, 0.6) is 0 Å². The number of carbonyl (C=O) groups excluding carboxylic acids is 1. The molecule has 1 saturated heterocycles. The second-order valence-electron chi connectivity index (χ2n) is 6.57. The Bertz CT molecular complexity index is 711. The van der Waals surface area contributed by atoms with Crippen molar-refractivity contribution in [1.29, 1.82) is 0 Å². The lowest BCUT2D eigenvalue weighted by Gasteiger charge is -2.16. The summed E-state index contributed by atoms with van der Waals surface area (Å²) < 4.78 is 10.6. The van der Waals surface area contributed by atoms with Gasteiger partial charge in [-0.2, -0.15) is 0 Å². The van der Waals surface area contributed by atoms with Crippen LogP contribution in [-0.4, -0.2) is 33.3 Å². The number of amides is 1. The molecule has 4 nitrogen and oxygen atoms in total. The Morgan fingerprint density at radius 2 is 1.92 bits per heavy atom. The highest BCUT2D eigenvalue weighted by molar-refractivity contribution is 6.12. The van der Waals surface area contributed by atoms with Gasteiger partial charge in [-0.15, -0.1) is 0 Å². The molecule has 0 atom stereocenters. The monoisotopic (exact) mass is 341 g/mol. The van der Waals surface area contributed by atoms with E-state index in [4.69, 9.17) is 9.47 Å². The summed E-state index contributed by atoms with van der Waals surface area (Å²) in [5, 5.41) is 0. The van der Waals surface area contributed by atoms with Crippen LogP contribution < -0.4 is 4.90 Å². The maximum atomic E-state index is 12.6. The molecule has 0 saturated carbocycles. The average Bonchev–Trinajstić information content (AvgIpc) is 2.88. The van der Waals surface area contributed by atoms with Gasteiger partial charge in [-0.3, -0.25) is 4.79 Å². The van der Waals surface area contributed by atoms with Crippen LogP contribution in [0.2, 0.25) is 0 Å². The lowest BCUT2D eigenvalue weighted by molar-refractivity contribution is -0.114. The molecule has 4 heteroatoms. The predicted octanol–water partition coefficient (Wildman–Crippen LogP) is 4.21. The molecule has 1 fully saturated rings. The summed E-state index contributed by atoms with van der Waals surface area (Å²) in [6, 6.07) is 8.13. The summed E-state index contributed by atoms with van der Waals surface area (Å²) in [5.41, 5.74) is 4.48. The van der Waals surface area contributed by atoms with Gasteiger partial charge in [0.05, 0.1) is 20.3 Å². The molecule has 1 heterocycles. The summed E-state index contributed by atoms with van der Waals surface area (Å²) in [5.74, 6) is 1.11. The van der Waals surface area contributed by atoms with Gasteiger partial charge >= 0.3 is 0 Å². The zero-order valence-corrected chi connectivity index (χ0v) is 15.8. The molecule has 1 aliphatic rings. The molecule has 0 radical (unpaired) electrons. The number of allylic oxidation sites excluding steroid dienone is 1. The van der Waals surface area contributed by atoms with E-state index >= 15 is 0 Å². The van der Waals surface area contributed by atoms with Gasteiger partial charge in [-0.05, 0) is 47.8 Å². The highest BCUT2D eigenvalue weighted by atomic mass is 16.5. The topological polar surface area (TPSA) is 38.8 Å². The Hall–Kier alpha value is -2.33. The smallest absolute Gasteiger partial charge is 0.258 e. The summed E-state index contributed by atoms with van der Waals surface area (Å²) in [6.45, 7) is 11.2. The van der Waals surface area contributed by atoms with Crippen molar-refractivity contribution in [3.63, 3.8) is 0 Å². The van der Waals surface area contributed by atoms with E-state index in [9.17, 15) is 4.79 Å². The SMILES string of the molecule is C=C1C(=O)N(c2ccc(C(C)C)cc2)C/C1=C/C(OC)=C(\C)COC. The molecule has 2 rings (SSSR count). The molecular weight excluding hydrogens is 314 g/mol. The standard InChI is InChI=1S/C21H27NO3/c1-14(2)17-7-9-19(10-8-17)22-12-18(16(4)21(22)23)11-20(25-6)15(3)13-24-5/h7-11,14H,4,12-13H2,1-3,5-6H3/b18-11-,20-15-. The molecule has 0 aliphatic carbocycles. The van der Waals surface area contributed by atoms with Crippen LogP contribution >= 0.6 is 0 Å². The van der Waals surface area contributed by atoms with Crippen molar-refractivity contribution in [2.24, 2.45) is 0 Å². The second kappa shape index (κ2) is 8.17. The van der Waals surface area contributed by atoms with Crippen LogP contribution in [0.25, 0.3) is 0 Å². The van der Waals surface area contributed by atoms with Gasteiger partial charge in [0.2, 0.25) is 0 Å². The summed E-state index contributed by atoms with van der Waals surface area (Å²) in [4.78, 5) is 14.4. The summed E-state index contributed by atoms with van der Waals surface area (Å²) >= 11 is 0. The first kappa shape index (κ1) is 19.0. The fourth-order valence-corrected chi connectivity index (χ4v) is 2.82. The van der Waals surface area contributed by atoms with E-state index in [0.29, 0.717) is 30.4 Å². The highest BCUT2D eigenvalue weighted by Crippen LogP contribution is 2.30. The third kappa shape index (κ3) is 4.20. The molecule has 0 spiro atoms. The number of carbonyl (C=O) groups is 1. The Morgan fingerprint density at radius 1 is 1.28 bits per heavy atom. The Balaban J connectivity index is 2.28. The normalized spacial score (nSPS) is 17.5. The third-order valence-corrected chi connectivity index (χ3v) is 4.40. The van der Waals surface area contributed by atoms with Crippen molar-refractivity contribution in [3.8, 4) is 0 Å². The number of hydrogen-bond acceptors (Lipinski definition) is 3. The van der Waals surface area contributed by atoms with Crippen molar-refractivity contribution in [3.05, 3.63) is 65.0 Å². The van der Waals surface area contributed by atoms with Crippen molar-refractivity contribution in [2.45, 2.75) is 26.7 Å². The van der Waals surface area contributed by atoms with Gasteiger partial charge in [0.15, 0.2) is 0 Å². The van der Waals surface area contributed by atoms with Crippen molar-refractivity contribution >= 4 is 11.6 Å². The van der Waals surface area contributed by atoms with E-state index in [1.54, 1.807) is 19.1 Å². The van der Waals surface area contributed by atoms with Crippen LogP contribution in [0.4, 0.5) is 5.69 Å². The van der Waals surface area contributed by atoms with Crippen LogP contribution in [-0.2, 0) is 14.3 Å². The number of nitrogens with zero attached hydrogens (tertiary/aromatic N) is 1. The van der Waals surface area contributed by atoms with Crippen LogP contribution in [0.3, 0.4) is 0 Å². The number of hydrogen-bond donors (Lipinski definition) is 0. The minimum atomic E-state index is -0.0663. The maximum absolute atomic E-state index is 12.6. The van der Waals surface area contributed by atoms with Gasteiger partial charge in [-0.1, -0.05) is 32.6 Å². The van der Waals surface area contributed by atoms with Gasteiger partial charge in [0, 0.05) is 18.4 Å². The van der Waals surface area contributed by atoms with E-state index in [2.05, 4.69) is 32.6 Å². The number of methoxy groups -OCH3 is 2. The molecule has 1 aliphatic heterocycles. The fraction of sp³-hybridized carbons (Fsp3) is 0.381. The molecule has 25 heavy (non-hydrogen) atoms. The van der Waals surface area contributed by atoms with Crippen LogP contribution in [0, 0.1) is 0 Å². The largest absolute Gasteiger partial charge is 0.497 e. The molecule has 1 aromatic rings. The number of benzene rings is 1. The number of anilines is 1. The van der Waals surface area contributed by atoms with Crippen molar-refractivity contribution in [2.75, 3.05) is 32.3 Å². The van der Waals surface area contributed by atoms with Crippen molar-refractivity contribution in [1.82, 2.24) is 0 Å². The predicted molar refractivity (Wildman–Crippen MR) is 102 cm³/mol. The van der Waals surface area contributed by atoms with E-state index in [0.717, 1.165) is 16.8 Å². The highest BCUT2D eigenvalue weighted by Gasteiger charge is 2.30. The molecule has 1 aromatic carbocycles. The van der Waals surface area contributed by atoms with Gasteiger partial charge in [0.25, 0.3) is 5.91 Å². The lowest BCUT2D eigenvalue weighted by atomic mass is 10.0. The molecule has 0 unspecified atom stereocenters. The van der Waals surface area contributed by atoms with E-state index in [1.807, 2.05) is 25.1 Å². The molecule has 1 amide bonds. The van der Waals surface area contributed by atoms with E-state index in [1.165, 1.54) is 5.56 Å². The number of rotatable bonds is 6. The molecule has 0 aromatic heterocycles. The quantitative estimate of drug-likeness (QED) is 0.575. The van der Waals surface area contributed by atoms with E-state index < -0.39 is 0 Å². The maximum Gasteiger partial charge on any atom is 0.258 e. The van der Waals surface area contributed by atoms with Crippen LogP contribution in [0.15, 0.2) is 59.4 Å². The average molecular weight is 341 g/mol. The molecule has 0 bridgehead atoms. The Labute approximate surface area is 150 Å². The first-order valence-electron chi connectivity index (χ1n) is 8.43. The van der Waals surface area contributed by atoms with Gasteiger partial charge in [-0.25, -0.2) is 0 Å². The molecular formula is C21H27NO3.